The molecule has 34 heavy (non-hydrogen) atoms. The van der Waals surface area contributed by atoms with Crippen LogP contribution in [0.3, 0.4) is 0 Å². The number of hydrogen-bond donors (Lipinski definition) is 2. The molecule has 0 radical (unpaired) electrons. The number of ether oxygens (including phenoxy) is 2. The molecule has 0 aromatic heterocycles. The zero-order valence-corrected chi connectivity index (χ0v) is 20.0. The number of halogens is 1. The van der Waals surface area contributed by atoms with E-state index >= 15 is 0 Å². The third kappa shape index (κ3) is 6.75. The van der Waals surface area contributed by atoms with Crippen molar-refractivity contribution < 1.29 is 24.0 Å². The van der Waals surface area contributed by atoms with Gasteiger partial charge < -0.3 is 14.8 Å². The van der Waals surface area contributed by atoms with Crippen LogP contribution >= 0.6 is 22.6 Å². The van der Waals surface area contributed by atoms with Gasteiger partial charge in [-0.05, 0) is 64.6 Å². The first-order valence-corrected chi connectivity index (χ1v) is 10.9. The van der Waals surface area contributed by atoms with Crippen molar-refractivity contribution >= 4 is 52.0 Å². The summed E-state index contributed by atoms with van der Waals surface area (Å²) in [6, 6.07) is 17.6. The van der Waals surface area contributed by atoms with Gasteiger partial charge in [0.1, 0.15) is 0 Å². The number of nitrogens with one attached hydrogen (secondary N) is 2. The van der Waals surface area contributed by atoms with E-state index in [1.807, 2.05) is 40.8 Å². The Morgan fingerprint density at radius 1 is 1.12 bits per heavy atom. The Morgan fingerprint density at radius 3 is 2.47 bits per heavy atom. The van der Waals surface area contributed by atoms with Gasteiger partial charge in [0.25, 0.3) is 17.5 Å². The number of amides is 2. The average molecular weight is 574 g/mol. The first kappa shape index (κ1) is 24.6. The van der Waals surface area contributed by atoms with Crippen molar-refractivity contribution in [2.45, 2.75) is 0 Å². The Morgan fingerprint density at radius 2 is 1.82 bits per heavy atom. The molecule has 0 heterocycles. The second-order valence-corrected chi connectivity index (χ2v) is 7.90. The SMILES string of the molecule is COc1cc(/C=N/NC(=O)c2ccc([N+](=O)[O-])cc2)cc(I)c1OCC(=O)Nc1ccccc1. The van der Waals surface area contributed by atoms with Gasteiger partial charge in [0.05, 0.1) is 21.8 Å². The monoisotopic (exact) mass is 574 g/mol. The van der Waals surface area contributed by atoms with E-state index < -0.39 is 10.8 Å². The van der Waals surface area contributed by atoms with Crippen LogP contribution in [0.2, 0.25) is 0 Å². The second-order valence-electron chi connectivity index (χ2n) is 6.74. The summed E-state index contributed by atoms with van der Waals surface area (Å²) in [6.45, 7) is -0.208. The van der Waals surface area contributed by atoms with Gasteiger partial charge in [-0.25, -0.2) is 5.43 Å². The van der Waals surface area contributed by atoms with Crippen LogP contribution < -0.4 is 20.2 Å². The normalized spacial score (nSPS) is 10.5. The Labute approximate surface area is 208 Å². The first-order valence-electron chi connectivity index (χ1n) is 9.80. The molecule has 11 heteroatoms. The van der Waals surface area contributed by atoms with Crippen LogP contribution in [0.5, 0.6) is 11.5 Å². The van der Waals surface area contributed by atoms with Crippen molar-refractivity contribution in [3.05, 3.63) is 91.5 Å². The Kier molecular flexibility index (Phi) is 8.51. The van der Waals surface area contributed by atoms with Gasteiger partial charge in [0, 0.05) is 23.4 Å². The third-order valence-electron chi connectivity index (χ3n) is 4.38. The molecule has 3 rings (SSSR count). The molecule has 3 aromatic carbocycles. The summed E-state index contributed by atoms with van der Waals surface area (Å²) in [5.41, 5.74) is 3.77. The highest BCUT2D eigenvalue weighted by Gasteiger charge is 2.14. The van der Waals surface area contributed by atoms with Crippen molar-refractivity contribution in [3.63, 3.8) is 0 Å². The van der Waals surface area contributed by atoms with Gasteiger partial charge in [-0.3, -0.25) is 19.7 Å². The molecule has 0 saturated heterocycles. The molecule has 10 nitrogen and oxygen atoms in total. The molecule has 0 bridgehead atoms. The highest BCUT2D eigenvalue weighted by Crippen LogP contribution is 2.33. The number of methoxy groups -OCH3 is 1. The Balaban J connectivity index is 1.62. The summed E-state index contributed by atoms with van der Waals surface area (Å²) in [4.78, 5) is 34.5. The lowest BCUT2D eigenvalue weighted by Crippen LogP contribution is -2.20. The Hall–Kier alpha value is -4.00. The minimum absolute atomic E-state index is 0.110. The number of para-hydroxylation sites is 1. The van der Waals surface area contributed by atoms with Crippen LogP contribution in [0.25, 0.3) is 0 Å². The van der Waals surface area contributed by atoms with Crippen LogP contribution in [0.15, 0.2) is 71.8 Å². The average Bonchev–Trinajstić information content (AvgIpc) is 2.83. The van der Waals surface area contributed by atoms with Gasteiger partial charge in [0.15, 0.2) is 18.1 Å². The molecule has 0 aliphatic heterocycles. The zero-order valence-electron chi connectivity index (χ0n) is 17.9. The fourth-order valence-corrected chi connectivity index (χ4v) is 3.56. The van der Waals surface area contributed by atoms with Gasteiger partial charge in [0.2, 0.25) is 0 Å². The number of rotatable bonds is 9. The van der Waals surface area contributed by atoms with Crippen LogP contribution in [0, 0.1) is 13.7 Å². The minimum Gasteiger partial charge on any atom is -0.493 e. The molecule has 2 amide bonds. The number of carbonyl (C=O) groups excluding carboxylic acids is 2. The first-order chi connectivity index (χ1) is 16.4. The molecular formula is C23H19IN4O6. The predicted molar refractivity (Wildman–Crippen MR) is 134 cm³/mol. The summed E-state index contributed by atoms with van der Waals surface area (Å²) in [5, 5.41) is 17.4. The fraction of sp³-hybridized carbons (Fsp3) is 0.0870. The lowest BCUT2D eigenvalue weighted by molar-refractivity contribution is -0.384. The summed E-state index contributed by atoms with van der Waals surface area (Å²) in [6.07, 6.45) is 1.42. The van der Waals surface area contributed by atoms with Crippen molar-refractivity contribution in [3.8, 4) is 11.5 Å². The van der Waals surface area contributed by atoms with E-state index in [0.29, 0.717) is 26.3 Å². The number of hydrogen-bond acceptors (Lipinski definition) is 7. The van der Waals surface area contributed by atoms with Gasteiger partial charge >= 0.3 is 0 Å². The number of hydrazone groups is 1. The maximum Gasteiger partial charge on any atom is 0.271 e. The molecule has 0 unspecified atom stereocenters. The lowest BCUT2D eigenvalue weighted by Gasteiger charge is -2.13. The molecule has 0 fully saturated rings. The van der Waals surface area contributed by atoms with Crippen LogP contribution in [0.4, 0.5) is 11.4 Å². The summed E-state index contributed by atoms with van der Waals surface area (Å²) in [7, 11) is 1.47. The highest BCUT2D eigenvalue weighted by molar-refractivity contribution is 14.1. The number of nitro groups is 1. The maximum atomic E-state index is 12.2. The largest absolute Gasteiger partial charge is 0.493 e. The van der Waals surface area contributed by atoms with Gasteiger partial charge in [-0.1, -0.05) is 18.2 Å². The van der Waals surface area contributed by atoms with Crippen molar-refractivity contribution in [1.29, 1.82) is 0 Å². The topological polar surface area (TPSA) is 132 Å². The van der Waals surface area contributed by atoms with E-state index in [1.54, 1.807) is 24.3 Å². The van der Waals surface area contributed by atoms with Crippen LogP contribution in [-0.4, -0.2) is 36.7 Å². The molecule has 0 atom stereocenters. The fourth-order valence-electron chi connectivity index (χ4n) is 2.78. The third-order valence-corrected chi connectivity index (χ3v) is 5.18. The maximum absolute atomic E-state index is 12.2. The zero-order chi connectivity index (χ0) is 24.5. The standard InChI is InChI=1S/C23H19IN4O6/c1-33-20-12-15(13-25-27-23(30)16-7-9-18(10-8-16)28(31)32)11-19(24)22(20)34-14-21(29)26-17-5-3-2-4-6-17/h2-13H,14H2,1H3,(H,26,29)(H,27,30)/b25-13+. The van der Waals surface area contributed by atoms with E-state index in [9.17, 15) is 19.7 Å². The quantitative estimate of drug-likeness (QED) is 0.172. The molecule has 0 aliphatic carbocycles. The number of benzene rings is 3. The van der Waals surface area contributed by atoms with Gasteiger partial charge in [-0.15, -0.1) is 0 Å². The van der Waals surface area contributed by atoms with Crippen molar-refractivity contribution in [1.82, 2.24) is 5.43 Å². The number of nitrogens with zero attached hydrogens (tertiary/aromatic N) is 2. The molecular weight excluding hydrogens is 555 g/mol. The molecule has 174 valence electrons. The number of anilines is 1. The number of non-ortho nitro benzene ring substituents is 1. The van der Waals surface area contributed by atoms with Crippen LogP contribution in [0.1, 0.15) is 15.9 Å². The molecule has 0 spiro atoms. The molecule has 3 aromatic rings. The second kappa shape index (κ2) is 11.7. The summed E-state index contributed by atoms with van der Waals surface area (Å²) in [5.74, 6) is -0.0400. The van der Waals surface area contributed by atoms with E-state index in [2.05, 4.69) is 15.8 Å². The minimum atomic E-state index is -0.544. The lowest BCUT2D eigenvalue weighted by atomic mass is 10.2. The van der Waals surface area contributed by atoms with Crippen LogP contribution in [-0.2, 0) is 4.79 Å². The van der Waals surface area contributed by atoms with Gasteiger partial charge in [-0.2, -0.15) is 5.10 Å². The van der Waals surface area contributed by atoms with E-state index in [1.165, 1.54) is 37.6 Å². The molecule has 0 saturated carbocycles. The Bertz CT molecular complexity index is 1220. The smallest absolute Gasteiger partial charge is 0.271 e. The van der Waals surface area contributed by atoms with E-state index in [-0.39, 0.29) is 23.8 Å². The molecule has 2 N–H and O–H groups in total. The summed E-state index contributed by atoms with van der Waals surface area (Å²) >= 11 is 2.05. The number of nitro benzene ring substituents is 1. The summed E-state index contributed by atoms with van der Waals surface area (Å²) < 4.78 is 11.7. The van der Waals surface area contributed by atoms with Crippen molar-refractivity contribution in [2.75, 3.05) is 19.0 Å². The van der Waals surface area contributed by atoms with E-state index in [0.717, 1.165) is 0 Å². The van der Waals surface area contributed by atoms with E-state index in [4.69, 9.17) is 9.47 Å². The molecule has 0 aliphatic rings. The highest BCUT2D eigenvalue weighted by atomic mass is 127. The number of carbonyl (C=O) groups is 2. The predicted octanol–water partition coefficient (Wildman–Crippen LogP) is 3.99. The van der Waals surface area contributed by atoms with Crippen molar-refractivity contribution in [2.24, 2.45) is 5.10 Å².